The smallest absolute Gasteiger partial charge is 0.325 e. The molecule has 1 unspecified atom stereocenters. The number of hydrogen-bond acceptors (Lipinski definition) is 5. The maximum absolute atomic E-state index is 13.2. The Bertz CT molecular complexity index is 1050. The highest BCUT2D eigenvalue weighted by Crippen LogP contribution is 2.32. The number of methoxy groups -OCH3 is 1. The van der Waals surface area contributed by atoms with Crippen molar-refractivity contribution in [1.29, 1.82) is 0 Å². The summed E-state index contributed by atoms with van der Waals surface area (Å²) in [5.74, 6) is -0.984. The van der Waals surface area contributed by atoms with Gasteiger partial charge in [-0.1, -0.05) is 37.3 Å². The van der Waals surface area contributed by atoms with Crippen LogP contribution in [-0.2, 0) is 15.1 Å². The molecular weight excluding hydrogens is 412 g/mol. The van der Waals surface area contributed by atoms with Gasteiger partial charge in [0.2, 0.25) is 5.91 Å². The fourth-order valence-electron chi connectivity index (χ4n) is 3.66. The molecule has 168 valence electrons. The van der Waals surface area contributed by atoms with Crippen LogP contribution in [0, 0.1) is 0 Å². The van der Waals surface area contributed by atoms with E-state index in [1.54, 1.807) is 57.4 Å². The first-order chi connectivity index (χ1) is 15.2. The topological polar surface area (TPSA) is 108 Å². The predicted octanol–water partition coefficient (Wildman–Crippen LogP) is 2.19. The number of nitrogens with one attached hydrogen (secondary N) is 2. The van der Waals surface area contributed by atoms with Gasteiger partial charge < -0.3 is 20.3 Å². The fraction of sp³-hybridized carbons (Fsp3) is 0.304. The van der Waals surface area contributed by atoms with Crippen LogP contribution in [0.25, 0.3) is 0 Å². The molecule has 1 aliphatic rings. The molecular formula is C23H26N4O5. The number of carbonyl (C=O) groups excluding carboxylic acids is 4. The zero-order valence-electron chi connectivity index (χ0n) is 18.5. The summed E-state index contributed by atoms with van der Waals surface area (Å²) in [4.78, 5) is 53.1. The molecule has 32 heavy (non-hydrogen) atoms. The van der Waals surface area contributed by atoms with Crippen molar-refractivity contribution in [2.24, 2.45) is 0 Å². The maximum atomic E-state index is 13.2. The average molecular weight is 438 g/mol. The molecule has 0 spiro atoms. The lowest BCUT2D eigenvalue weighted by Gasteiger charge is -2.25. The Morgan fingerprint density at radius 1 is 1.12 bits per heavy atom. The first-order valence-electron chi connectivity index (χ1n) is 10.1. The van der Waals surface area contributed by atoms with Gasteiger partial charge in [0.25, 0.3) is 11.8 Å². The van der Waals surface area contributed by atoms with Gasteiger partial charge in [-0.3, -0.25) is 19.3 Å². The summed E-state index contributed by atoms with van der Waals surface area (Å²) in [6, 6.07) is 12.9. The van der Waals surface area contributed by atoms with Crippen LogP contribution in [0.4, 0.5) is 10.5 Å². The highest BCUT2D eigenvalue weighted by Gasteiger charge is 2.51. The highest BCUT2D eigenvalue weighted by molar-refractivity contribution is 6.10. The van der Waals surface area contributed by atoms with Crippen LogP contribution < -0.4 is 15.4 Å². The van der Waals surface area contributed by atoms with Crippen LogP contribution >= 0.6 is 0 Å². The Balaban J connectivity index is 1.81. The number of ether oxygens (including phenoxy) is 1. The van der Waals surface area contributed by atoms with Crippen molar-refractivity contribution in [1.82, 2.24) is 15.1 Å². The van der Waals surface area contributed by atoms with Gasteiger partial charge in [-0.2, -0.15) is 0 Å². The van der Waals surface area contributed by atoms with E-state index in [-0.39, 0.29) is 11.6 Å². The second-order valence-electron chi connectivity index (χ2n) is 7.61. The summed E-state index contributed by atoms with van der Waals surface area (Å²) in [5.41, 5.74) is 0.0616. The standard InChI is InChI=1S/C23H26N4O5/c1-5-23(16-9-7-6-8-10-16)21(30)27(22(31)25-23)14-19(28)24-17-13-15(20(29)26(2)3)11-12-18(17)32-4/h6-13H,5,14H2,1-4H3,(H,24,28)(H,25,31). The quantitative estimate of drug-likeness (QED) is 0.645. The molecule has 9 nitrogen and oxygen atoms in total. The van der Waals surface area contributed by atoms with Crippen molar-refractivity contribution >= 4 is 29.4 Å². The molecule has 0 radical (unpaired) electrons. The third-order valence-electron chi connectivity index (χ3n) is 5.40. The molecule has 3 rings (SSSR count). The largest absolute Gasteiger partial charge is 0.495 e. The summed E-state index contributed by atoms with van der Waals surface area (Å²) in [6.45, 7) is 1.32. The first-order valence-corrected chi connectivity index (χ1v) is 10.1. The van der Waals surface area contributed by atoms with Gasteiger partial charge in [-0.25, -0.2) is 4.79 Å². The lowest BCUT2D eigenvalue weighted by molar-refractivity contribution is -0.134. The van der Waals surface area contributed by atoms with Crippen molar-refractivity contribution in [2.75, 3.05) is 33.1 Å². The zero-order valence-corrected chi connectivity index (χ0v) is 18.5. The lowest BCUT2D eigenvalue weighted by atomic mass is 9.87. The Morgan fingerprint density at radius 3 is 2.41 bits per heavy atom. The van der Waals surface area contributed by atoms with Crippen molar-refractivity contribution < 1.29 is 23.9 Å². The van der Waals surface area contributed by atoms with E-state index >= 15 is 0 Å². The van der Waals surface area contributed by atoms with Crippen LogP contribution in [0.3, 0.4) is 0 Å². The van der Waals surface area contributed by atoms with Crippen molar-refractivity contribution in [3.05, 3.63) is 59.7 Å². The van der Waals surface area contributed by atoms with Gasteiger partial charge >= 0.3 is 6.03 Å². The van der Waals surface area contributed by atoms with E-state index in [4.69, 9.17) is 4.74 Å². The monoisotopic (exact) mass is 438 g/mol. The number of imide groups is 1. The molecule has 0 aliphatic carbocycles. The second kappa shape index (κ2) is 9.09. The summed E-state index contributed by atoms with van der Waals surface area (Å²) in [7, 11) is 4.68. The predicted molar refractivity (Wildman–Crippen MR) is 118 cm³/mol. The van der Waals surface area contributed by atoms with Gasteiger partial charge in [0.15, 0.2) is 0 Å². The molecule has 1 aliphatic heterocycles. The van der Waals surface area contributed by atoms with E-state index in [1.165, 1.54) is 18.1 Å². The van der Waals surface area contributed by atoms with Gasteiger partial charge in [-0.15, -0.1) is 0 Å². The molecule has 1 saturated heterocycles. The lowest BCUT2D eigenvalue weighted by Crippen LogP contribution is -2.44. The third kappa shape index (κ3) is 4.14. The molecule has 0 aromatic heterocycles. The van der Waals surface area contributed by atoms with Crippen molar-refractivity contribution in [2.45, 2.75) is 18.9 Å². The fourth-order valence-corrected chi connectivity index (χ4v) is 3.66. The summed E-state index contributed by atoms with van der Waals surface area (Å²) >= 11 is 0. The Hall–Kier alpha value is -3.88. The van der Waals surface area contributed by atoms with Gasteiger partial charge in [0.05, 0.1) is 12.8 Å². The molecule has 1 heterocycles. The molecule has 9 heteroatoms. The van der Waals surface area contributed by atoms with E-state index in [1.807, 2.05) is 6.07 Å². The molecule has 0 bridgehead atoms. The summed E-state index contributed by atoms with van der Waals surface area (Å²) in [6.07, 6.45) is 0.336. The van der Waals surface area contributed by atoms with E-state index in [0.717, 1.165) is 4.90 Å². The number of rotatable bonds is 7. The van der Waals surface area contributed by atoms with E-state index < -0.39 is 29.9 Å². The summed E-state index contributed by atoms with van der Waals surface area (Å²) in [5, 5.41) is 5.38. The second-order valence-corrected chi connectivity index (χ2v) is 7.61. The van der Waals surface area contributed by atoms with E-state index in [0.29, 0.717) is 23.3 Å². The minimum absolute atomic E-state index is 0.243. The van der Waals surface area contributed by atoms with Crippen LogP contribution in [0.5, 0.6) is 5.75 Å². The highest BCUT2D eigenvalue weighted by atomic mass is 16.5. The number of amides is 5. The van der Waals surface area contributed by atoms with Gasteiger partial charge in [-0.05, 0) is 30.2 Å². The molecule has 5 amide bonds. The number of carbonyl (C=O) groups is 4. The van der Waals surface area contributed by atoms with Crippen molar-refractivity contribution in [3.8, 4) is 5.75 Å². The Morgan fingerprint density at radius 2 is 1.81 bits per heavy atom. The van der Waals surface area contributed by atoms with E-state index in [9.17, 15) is 19.2 Å². The normalized spacial score (nSPS) is 17.7. The molecule has 1 atom stereocenters. The molecule has 0 saturated carbocycles. The number of urea groups is 1. The third-order valence-corrected chi connectivity index (χ3v) is 5.40. The number of nitrogens with zero attached hydrogens (tertiary/aromatic N) is 2. The number of hydrogen-bond donors (Lipinski definition) is 2. The van der Waals surface area contributed by atoms with Crippen LogP contribution in [0.15, 0.2) is 48.5 Å². The van der Waals surface area contributed by atoms with Crippen molar-refractivity contribution in [3.63, 3.8) is 0 Å². The van der Waals surface area contributed by atoms with Crippen LogP contribution in [0.2, 0.25) is 0 Å². The van der Waals surface area contributed by atoms with Gasteiger partial charge in [0, 0.05) is 19.7 Å². The van der Waals surface area contributed by atoms with Crippen LogP contribution in [0.1, 0.15) is 29.3 Å². The zero-order chi connectivity index (χ0) is 23.5. The molecule has 2 N–H and O–H groups in total. The van der Waals surface area contributed by atoms with Gasteiger partial charge in [0.1, 0.15) is 17.8 Å². The number of anilines is 1. The van der Waals surface area contributed by atoms with E-state index in [2.05, 4.69) is 10.6 Å². The Labute approximate surface area is 186 Å². The average Bonchev–Trinajstić information content (AvgIpc) is 3.04. The SMILES string of the molecule is CCC1(c2ccccc2)NC(=O)N(CC(=O)Nc2cc(C(=O)N(C)C)ccc2OC)C1=O. The molecule has 1 fully saturated rings. The first kappa shape index (κ1) is 22.8. The minimum atomic E-state index is -1.21. The minimum Gasteiger partial charge on any atom is -0.495 e. The maximum Gasteiger partial charge on any atom is 0.325 e. The molecule has 2 aromatic carbocycles. The Kier molecular flexibility index (Phi) is 6.47. The van der Waals surface area contributed by atoms with Crippen LogP contribution in [-0.4, -0.2) is 61.3 Å². The summed E-state index contributed by atoms with van der Waals surface area (Å²) < 4.78 is 5.26. The molecule has 2 aromatic rings. The number of benzene rings is 2.